The number of benzene rings is 1. The summed E-state index contributed by atoms with van der Waals surface area (Å²) in [4.78, 5) is 0. The van der Waals surface area contributed by atoms with Crippen LogP contribution in [0, 0.1) is 0 Å². The van der Waals surface area contributed by atoms with Crippen molar-refractivity contribution in [3.63, 3.8) is 0 Å². The third kappa shape index (κ3) is 1.07. The van der Waals surface area contributed by atoms with Crippen molar-refractivity contribution in [2.45, 2.75) is 6.92 Å². The van der Waals surface area contributed by atoms with Crippen LogP contribution in [-0.2, 0) is 0 Å². The van der Waals surface area contributed by atoms with Gasteiger partial charge in [-0.05, 0) is 19.1 Å². The summed E-state index contributed by atoms with van der Waals surface area (Å²) in [7, 11) is 0. The van der Waals surface area contributed by atoms with Crippen LogP contribution in [0.3, 0.4) is 0 Å². The number of anilines is 1. The summed E-state index contributed by atoms with van der Waals surface area (Å²) >= 11 is 0. The first-order chi connectivity index (χ1) is 5.36. The van der Waals surface area contributed by atoms with E-state index in [1.807, 2.05) is 31.2 Å². The van der Waals surface area contributed by atoms with Gasteiger partial charge in [0.15, 0.2) is 0 Å². The van der Waals surface area contributed by atoms with Gasteiger partial charge in [-0.2, -0.15) is 0 Å². The Bertz CT molecular complexity index is 304. The molecule has 1 N–H and O–H groups in total. The van der Waals surface area contributed by atoms with Gasteiger partial charge < -0.3 is 10.1 Å². The lowest BCUT2D eigenvalue weighted by Gasteiger charge is -2.16. The second-order valence-corrected chi connectivity index (χ2v) is 2.54. The van der Waals surface area contributed by atoms with E-state index in [0.717, 1.165) is 17.1 Å². The lowest BCUT2D eigenvalue weighted by atomic mass is 10.2. The molecule has 2 rings (SSSR count). The molecule has 0 amide bonds. The summed E-state index contributed by atoms with van der Waals surface area (Å²) in [5.41, 5.74) is 2.07. The number of ether oxygens (including phenoxy) is 1. The Morgan fingerprint density at radius 2 is 2.09 bits per heavy atom. The fourth-order valence-corrected chi connectivity index (χ4v) is 1.07. The SMILES string of the molecule is CC1=COc2ccccc2N1. The quantitative estimate of drug-likeness (QED) is 0.608. The van der Waals surface area contributed by atoms with E-state index in [1.165, 1.54) is 0 Å². The van der Waals surface area contributed by atoms with Gasteiger partial charge in [0.1, 0.15) is 12.0 Å². The van der Waals surface area contributed by atoms with Crippen LogP contribution < -0.4 is 10.1 Å². The molecule has 0 unspecified atom stereocenters. The summed E-state index contributed by atoms with van der Waals surface area (Å²) in [5.74, 6) is 0.887. The lowest BCUT2D eigenvalue weighted by molar-refractivity contribution is 0.471. The predicted molar refractivity (Wildman–Crippen MR) is 44.4 cm³/mol. The highest BCUT2D eigenvalue weighted by Crippen LogP contribution is 2.28. The summed E-state index contributed by atoms with van der Waals surface area (Å²) in [5, 5.41) is 3.20. The van der Waals surface area contributed by atoms with Crippen molar-refractivity contribution >= 4 is 5.69 Å². The highest BCUT2D eigenvalue weighted by atomic mass is 16.5. The van der Waals surface area contributed by atoms with Gasteiger partial charge in [0.25, 0.3) is 0 Å². The first-order valence-corrected chi connectivity index (χ1v) is 3.56. The Hall–Kier alpha value is -1.44. The van der Waals surface area contributed by atoms with Crippen molar-refractivity contribution < 1.29 is 4.74 Å². The average Bonchev–Trinajstić information content (AvgIpc) is 2.04. The molecule has 0 saturated heterocycles. The molecule has 1 heterocycles. The second-order valence-electron chi connectivity index (χ2n) is 2.54. The average molecular weight is 147 g/mol. The van der Waals surface area contributed by atoms with Crippen LogP contribution in [0.1, 0.15) is 6.92 Å². The van der Waals surface area contributed by atoms with Gasteiger partial charge in [-0.3, -0.25) is 0 Å². The van der Waals surface area contributed by atoms with E-state index in [2.05, 4.69) is 5.32 Å². The number of fused-ring (bicyclic) bond motifs is 1. The molecule has 1 aliphatic heterocycles. The van der Waals surface area contributed by atoms with Gasteiger partial charge in [-0.1, -0.05) is 12.1 Å². The summed E-state index contributed by atoms with van der Waals surface area (Å²) in [6.07, 6.45) is 1.71. The predicted octanol–water partition coefficient (Wildman–Crippen LogP) is 2.35. The Kier molecular flexibility index (Phi) is 1.32. The van der Waals surface area contributed by atoms with Gasteiger partial charge in [-0.25, -0.2) is 0 Å². The number of hydrogen-bond donors (Lipinski definition) is 1. The maximum absolute atomic E-state index is 5.31. The van der Waals surface area contributed by atoms with E-state index in [0.29, 0.717) is 0 Å². The molecule has 0 fully saturated rings. The highest BCUT2D eigenvalue weighted by molar-refractivity contribution is 5.61. The summed E-state index contributed by atoms with van der Waals surface area (Å²) < 4.78 is 5.31. The zero-order valence-corrected chi connectivity index (χ0v) is 6.29. The molecule has 0 radical (unpaired) electrons. The van der Waals surface area contributed by atoms with E-state index < -0.39 is 0 Å². The van der Waals surface area contributed by atoms with Crippen LogP contribution in [0.5, 0.6) is 5.75 Å². The number of rotatable bonds is 0. The third-order valence-corrected chi connectivity index (χ3v) is 1.58. The number of hydrogen-bond acceptors (Lipinski definition) is 2. The molecule has 11 heavy (non-hydrogen) atoms. The summed E-state index contributed by atoms with van der Waals surface area (Å²) in [6, 6.07) is 7.86. The molecule has 1 aromatic rings. The van der Waals surface area contributed by atoms with Gasteiger partial charge in [0.2, 0.25) is 0 Å². The molecule has 0 aromatic heterocycles. The molecule has 0 spiro atoms. The molecule has 0 saturated carbocycles. The Labute approximate surface area is 65.5 Å². The number of para-hydroxylation sites is 2. The van der Waals surface area contributed by atoms with E-state index in [-0.39, 0.29) is 0 Å². The fourth-order valence-electron chi connectivity index (χ4n) is 1.07. The normalized spacial score (nSPS) is 14.1. The maximum Gasteiger partial charge on any atom is 0.150 e. The minimum absolute atomic E-state index is 0.887. The molecule has 1 aliphatic rings. The van der Waals surface area contributed by atoms with Crippen LogP contribution in [0.2, 0.25) is 0 Å². The molecular weight excluding hydrogens is 138 g/mol. The highest BCUT2D eigenvalue weighted by Gasteiger charge is 2.06. The number of allylic oxidation sites excluding steroid dienone is 1. The standard InChI is InChI=1S/C9H9NO/c1-7-6-11-9-5-3-2-4-8(9)10-7/h2-6,10H,1H3. The smallest absolute Gasteiger partial charge is 0.150 e. The second kappa shape index (κ2) is 2.31. The molecule has 56 valence electrons. The Morgan fingerprint density at radius 3 is 3.00 bits per heavy atom. The van der Waals surface area contributed by atoms with Crippen LogP contribution in [0.4, 0.5) is 5.69 Å². The minimum atomic E-state index is 0.887. The lowest BCUT2D eigenvalue weighted by Crippen LogP contribution is -2.04. The van der Waals surface area contributed by atoms with Crippen molar-refractivity contribution in [3.8, 4) is 5.75 Å². The molecule has 0 bridgehead atoms. The summed E-state index contributed by atoms with van der Waals surface area (Å²) in [6.45, 7) is 1.97. The van der Waals surface area contributed by atoms with E-state index in [1.54, 1.807) is 6.26 Å². The van der Waals surface area contributed by atoms with Gasteiger partial charge in [-0.15, -0.1) is 0 Å². The van der Waals surface area contributed by atoms with Crippen LogP contribution in [-0.4, -0.2) is 0 Å². The largest absolute Gasteiger partial charge is 0.461 e. The van der Waals surface area contributed by atoms with Crippen molar-refractivity contribution in [1.29, 1.82) is 0 Å². The monoisotopic (exact) mass is 147 g/mol. The van der Waals surface area contributed by atoms with Crippen LogP contribution in [0.15, 0.2) is 36.2 Å². The topological polar surface area (TPSA) is 21.3 Å². The van der Waals surface area contributed by atoms with Crippen LogP contribution >= 0.6 is 0 Å². The van der Waals surface area contributed by atoms with Crippen molar-refractivity contribution in [2.24, 2.45) is 0 Å². The molecular formula is C9H9NO. The Balaban J connectivity index is 2.42. The molecule has 1 aromatic carbocycles. The van der Waals surface area contributed by atoms with Crippen LogP contribution in [0.25, 0.3) is 0 Å². The zero-order valence-electron chi connectivity index (χ0n) is 6.29. The van der Waals surface area contributed by atoms with Gasteiger partial charge >= 0.3 is 0 Å². The Morgan fingerprint density at radius 1 is 1.27 bits per heavy atom. The van der Waals surface area contributed by atoms with Crippen molar-refractivity contribution in [3.05, 3.63) is 36.2 Å². The molecule has 0 atom stereocenters. The fraction of sp³-hybridized carbons (Fsp3) is 0.111. The van der Waals surface area contributed by atoms with Gasteiger partial charge in [0, 0.05) is 5.70 Å². The van der Waals surface area contributed by atoms with E-state index in [4.69, 9.17) is 4.74 Å². The minimum Gasteiger partial charge on any atom is -0.461 e. The van der Waals surface area contributed by atoms with E-state index in [9.17, 15) is 0 Å². The maximum atomic E-state index is 5.31. The van der Waals surface area contributed by atoms with Crippen molar-refractivity contribution in [1.82, 2.24) is 0 Å². The van der Waals surface area contributed by atoms with E-state index >= 15 is 0 Å². The van der Waals surface area contributed by atoms with Crippen molar-refractivity contribution in [2.75, 3.05) is 5.32 Å². The molecule has 2 heteroatoms. The molecule has 0 aliphatic carbocycles. The molecule has 2 nitrogen and oxygen atoms in total. The zero-order chi connectivity index (χ0) is 7.68. The first-order valence-electron chi connectivity index (χ1n) is 3.56. The van der Waals surface area contributed by atoms with Gasteiger partial charge in [0.05, 0.1) is 5.69 Å². The first kappa shape index (κ1) is 6.28. The third-order valence-electron chi connectivity index (χ3n) is 1.58. The number of nitrogens with one attached hydrogen (secondary N) is 1.